The first-order valence-electron chi connectivity index (χ1n) is 5.32. The first kappa shape index (κ1) is 11.5. The van der Waals surface area contributed by atoms with Crippen LogP contribution < -0.4 is 5.73 Å². The lowest BCUT2D eigenvalue weighted by molar-refractivity contribution is 0.401. The van der Waals surface area contributed by atoms with Crippen molar-refractivity contribution in [2.45, 2.75) is 33.1 Å². The molecule has 0 unspecified atom stereocenters. The van der Waals surface area contributed by atoms with Crippen molar-refractivity contribution < 1.29 is 4.52 Å². The van der Waals surface area contributed by atoms with Gasteiger partial charge in [0.2, 0.25) is 5.95 Å². The van der Waals surface area contributed by atoms with Crippen LogP contribution in [0.2, 0.25) is 0 Å². The van der Waals surface area contributed by atoms with Crippen molar-refractivity contribution in [1.29, 1.82) is 0 Å². The molecule has 0 aliphatic carbocycles. The fourth-order valence-electron chi connectivity index (χ4n) is 1.33. The first-order valence-corrected chi connectivity index (χ1v) is 5.32. The summed E-state index contributed by atoms with van der Waals surface area (Å²) in [5.74, 6) is 1.21. The molecule has 2 N–H and O–H groups in total. The van der Waals surface area contributed by atoms with E-state index >= 15 is 0 Å². The van der Waals surface area contributed by atoms with Crippen LogP contribution >= 0.6 is 0 Å². The predicted octanol–water partition coefficient (Wildman–Crippen LogP) is 1.71. The smallest absolute Gasteiger partial charge is 0.276 e. The van der Waals surface area contributed by atoms with Crippen LogP contribution in [0.15, 0.2) is 10.6 Å². The van der Waals surface area contributed by atoms with Crippen LogP contribution in [0, 0.1) is 6.92 Å². The van der Waals surface area contributed by atoms with E-state index in [0.29, 0.717) is 17.4 Å². The molecule has 0 amide bonds. The maximum Gasteiger partial charge on any atom is 0.276 e. The summed E-state index contributed by atoms with van der Waals surface area (Å²) in [5.41, 5.74) is 6.74. The van der Waals surface area contributed by atoms with Gasteiger partial charge < -0.3 is 10.3 Å². The van der Waals surface area contributed by atoms with Crippen molar-refractivity contribution in [3.05, 3.63) is 17.6 Å². The summed E-state index contributed by atoms with van der Waals surface area (Å²) in [6, 6.07) is 1.76. The maximum atomic E-state index is 5.58. The molecule has 17 heavy (non-hydrogen) atoms. The first-order chi connectivity index (χ1) is 7.86. The van der Waals surface area contributed by atoms with Crippen LogP contribution in [0.3, 0.4) is 0 Å². The molecule has 0 atom stereocenters. The fraction of sp³-hybridized carbons (Fsp3) is 0.455. The van der Waals surface area contributed by atoms with Gasteiger partial charge in [0.05, 0.1) is 0 Å². The number of nitrogens with zero attached hydrogens (tertiary/aromatic N) is 4. The number of aromatic nitrogens is 4. The predicted molar refractivity (Wildman–Crippen MR) is 63.2 cm³/mol. The standard InChI is InChI=1S/C11H15N5O/c1-6-5-7(14-10(12)13-6)8-15-9(16-17-8)11(2,3)4/h5H,1-4H3,(H2,12,13,14). The van der Waals surface area contributed by atoms with Gasteiger partial charge >= 0.3 is 0 Å². The lowest BCUT2D eigenvalue weighted by Crippen LogP contribution is -2.13. The van der Waals surface area contributed by atoms with Crippen LogP contribution in [0.5, 0.6) is 0 Å². The van der Waals surface area contributed by atoms with Crippen LogP contribution in [0.4, 0.5) is 5.95 Å². The summed E-state index contributed by atoms with van der Waals surface area (Å²) in [7, 11) is 0. The van der Waals surface area contributed by atoms with Crippen molar-refractivity contribution >= 4 is 5.95 Å². The van der Waals surface area contributed by atoms with Crippen LogP contribution in [-0.2, 0) is 5.41 Å². The number of aryl methyl sites for hydroxylation is 1. The van der Waals surface area contributed by atoms with E-state index in [1.807, 2.05) is 27.7 Å². The number of hydrogen-bond donors (Lipinski definition) is 1. The number of nitrogens with two attached hydrogens (primary N) is 1. The molecular weight excluding hydrogens is 218 g/mol. The van der Waals surface area contributed by atoms with Gasteiger partial charge in [-0.15, -0.1) is 0 Å². The van der Waals surface area contributed by atoms with E-state index in [4.69, 9.17) is 10.3 Å². The van der Waals surface area contributed by atoms with Crippen molar-refractivity contribution in [3.8, 4) is 11.6 Å². The van der Waals surface area contributed by atoms with Crippen molar-refractivity contribution in [2.75, 3.05) is 5.73 Å². The summed E-state index contributed by atoms with van der Waals surface area (Å²) in [4.78, 5) is 12.4. The minimum atomic E-state index is -0.157. The quantitative estimate of drug-likeness (QED) is 0.806. The third kappa shape index (κ3) is 2.41. The third-order valence-corrected chi connectivity index (χ3v) is 2.19. The second-order valence-electron chi connectivity index (χ2n) is 4.93. The van der Waals surface area contributed by atoms with E-state index < -0.39 is 0 Å². The van der Waals surface area contributed by atoms with Gasteiger partial charge in [-0.05, 0) is 13.0 Å². The zero-order chi connectivity index (χ0) is 12.6. The van der Waals surface area contributed by atoms with Gasteiger partial charge in [-0.25, -0.2) is 9.97 Å². The fourth-order valence-corrected chi connectivity index (χ4v) is 1.33. The van der Waals surface area contributed by atoms with E-state index in [2.05, 4.69) is 20.1 Å². The Balaban J connectivity index is 2.44. The summed E-state index contributed by atoms with van der Waals surface area (Å²) in [6.45, 7) is 7.88. The molecule has 0 aliphatic rings. The van der Waals surface area contributed by atoms with Crippen molar-refractivity contribution in [2.24, 2.45) is 0 Å². The molecule has 2 heterocycles. The minimum absolute atomic E-state index is 0.157. The molecule has 90 valence electrons. The molecule has 0 saturated heterocycles. The average molecular weight is 233 g/mol. The van der Waals surface area contributed by atoms with Gasteiger partial charge in [-0.3, -0.25) is 0 Å². The van der Waals surface area contributed by atoms with Gasteiger partial charge in [0.1, 0.15) is 5.69 Å². The zero-order valence-electron chi connectivity index (χ0n) is 10.4. The highest BCUT2D eigenvalue weighted by molar-refractivity contribution is 5.49. The molecule has 6 heteroatoms. The molecule has 0 aliphatic heterocycles. The minimum Gasteiger partial charge on any atom is -0.368 e. The Labute approximate surface area is 99.3 Å². The van der Waals surface area contributed by atoms with Crippen LogP contribution in [0.1, 0.15) is 32.3 Å². The SMILES string of the molecule is Cc1cc(-c2nc(C(C)(C)C)no2)nc(N)n1. The van der Waals surface area contributed by atoms with Gasteiger partial charge in [-0.1, -0.05) is 25.9 Å². The topological polar surface area (TPSA) is 90.7 Å². The Morgan fingerprint density at radius 1 is 1.18 bits per heavy atom. The highest BCUT2D eigenvalue weighted by Gasteiger charge is 2.22. The van der Waals surface area contributed by atoms with E-state index in [9.17, 15) is 0 Å². The molecule has 6 nitrogen and oxygen atoms in total. The van der Waals surface area contributed by atoms with E-state index in [1.165, 1.54) is 0 Å². The Bertz CT molecular complexity index is 521. The van der Waals surface area contributed by atoms with E-state index in [1.54, 1.807) is 6.07 Å². The zero-order valence-corrected chi connectivity index (χ0v) is 10.4. The van der Waals surface area contributed by atoms with Crippen LogP contribution in [0.25, 0.3) is 11.6 Å². The molecule has 0 aromatic carbocycles. The monoisotopic (exact) mass is 233 g/mol. The van der Waals surface area contributed by atoms with Crippen LogP contribution in [-0.4, -0.2) is 20.1 Å². The van der Waals surface area contributed by atoms with Crippen molar-refractivity contribution in [1.82, 2.24) is 20.1 Å². The number of hydrogen-bond acceptors (Lipinski definition) is 6. The number of rotatable bonds is 1. The molecular formula is C11H15N5O. The van der Waals surface area contributed by atoms with E-state index in [0.717, 1.165) is 5.69 Å². The normalized spacial score (nSPS) is 11.8. The van der Waals surface area contributed by atoms with Crippen molar-refractivity contribution in [3.63, 3.8) is 0 Å². The summed E-state index contributed by atoms with van der Waals surface area (Å²) >= 11 is 0. The highest BCUT2D eigenvalue weighted by Crippen LogP contribution is 2.22. The summed E-state index contributed by atoms with van der Waals surface area (Å²) < 4.78 is 5.18. The Hall–Kier alpha value is -1.98. The van der Waals surface area contributed by atoms with Gasteiger partial charge in [0, 0.05) is 11.1 Å². The third-order valence-electron chi connectivity index (χ3n) is 2.19. The molecule has 2 aromatic rings. The molecule has 2 aromatic heterocycles. The Morgan fingerprint density at radius 2 is 1.88 bits per heavy atom. The summed E-state index contributed by atoms with van der Waals surface area (Å²) in [6.07, 6.45) is 0. The second kappa shape index (κ2) is 3.80. The maximum absolute atomic E-state index is 5.58. The number of nitrogen functional groups attached to an aromatic ring is 1. The Kier molecular flexibility index (Phi) is 2.57. The lowest BCUT2D eigenvalue weighted by atomic mass is 9.96. The second-order valence-corrected chi connectivity index (χ2v) is 4.93. The van der Waals surface area contributed by atoms with Gasteiger partial charge in [0.15, 0.2) is 5.82 Å². The molecule has 0 bridgehead atoms. The molecule has 0 saturated carbocycles. The molecule has 0 fully saturated rings. The average Bonchev–Trinajstić information content (AvgIpc) is 2.63. The van der Waals surface area contributed by atoms with Gasteiger partial charge in [-0.2, -0.15) is 4.98 Å². The number of anilines is 1. The molecule has 0 spiro atoms. The van der Waals surface area contributed by atoms with Gasteiger partial charge in [0.25, 0.3) is 5.89 Å². The summed E-state index contributed by atoms with van der Waals surface area (Å²) in [5, 5.41) is 3.94. The van der Waals surface area contributed by atoms with E-state index in [-0.39, 0.29) is 11.4 Å². The Morgan fingerprint density at radius 3 is 2.41 bits per heavy atom. The lowest BCUT2D eigenvalue weighted by Gasteiger charge is -2.10. The highest BCUT2D eigenvalue weighted by atomic mass is 16.5. The molecule has 0 radical (unpaired) electrons. The molecule has 2 rings (SSSR count). The largest absolute Gasteiger partial charge is 0.368 e.